The fourth-order valence-corrected chi connectivity index (χ4v) is 2.18. The molecule has 1 aromatic carbocycles. The van der Waals surface area contributed by atoms with Crippen LogP contribution in [-0.4, -0.2) is 23.9 Å². The Bertz CT molecular complexity index is 397. The average Bonchev–Trinajstić information content (AvgIpc) is 2.34. The Morgan fingerprint density at radius 3 is 2.78 bits per heavy atom. The fourth-order valence-electron chi connectivity index (χ4n) is 2.18. The largest absolute Gasteiger partial charge is 0.491 e. The van der Waals surface area contributed by atoms with Crippen LogP contribution in [-0.2, 0) is 0 Å². The normalized spacial score (nSPS) is 17.0. The van der Waals surface area contributed by atoms with E-state index in [0.717, 1.165) is 24.9 Å². The van der Waals surface area contributed by atoms with Gasteiger partial charge in [0.05, 0.1) is 24.4 Å². The van der Waals surface area contributed by atoms with Crippen molar-refractivity contribution >= 4 is 11.4 Å². The van der Waals surface area contributed by atoms with Crippen molar-refractivity contribution in [1.29, 1.82) is 0 Å². The van der Waals surface area contributed by atoms with Gasteiger partial charge >= 0.3 is 0 Å². The van der Waals surface area contributed by atoms with Crippen LogP contribution in [0.3, 0.4) is 0 Å². The van der Waals surface area contributed by atoms with Crippen molar-refractivity contribution in [3.8, 4) is 5.75 Å². The molecule has 0 saturated heterocycles. The van der Waals surface area contributed by atoms with Crippen LogP contribution in [0.2, 0.25) is 0 Å². The lowest BCUT2D eigenvalue weighted by atomic mass is 9.77. The zero-order valence-electron chi connectivity index (χ0n) is 10.9. The summed E-state index contributed by atoms with van der Waals surface area (Å²) in [5, 5.41) is 12.8. The fraction of sp³-hybridized carbons (Fsp3) is 0.571. The van der Waals surface area contributed by atoms with Crippen LogP contribution in [0.15, 0.2) is 18.2 Å². The first-order valence-corrected chi connectivity index (χ1v) is 6.60. The second-order valence-corrected chi connectivity index (χ2v) is 5.02. The van der Waals surface area contributed by atoms with Crippen molar-refractivity contribution in [3.63, 3.8) is 0 Å². The van der Waals surface area contributed by atoms with Crippen LogP contribution in [0.4, 0.5) is 11.4 Å². The number of aliphatic hydroxyl groups excluding tert-OH is 1. The minimum absolute atomic E-state index is 0.141. The van der Waals surface area contributed by atoms with Crippen LogP contribution in [0.5, 0.6) is 5.75 Å². The number of nitrogen functional groups attached to an aromatic ring is 1. The van der Waals surface area contributed by atoms with Crippen LogP contribution < -0.4 is 15.8 Å². The van der Waals surface area contributed by atoms with Crippen molar-refractivity contribution in [1.82, 2.24) is 0 Å². The highest BCUT2D eigenvalue weighted by Gasteiger charge is 2.36. The summed E-state index contributed by atoms with van der Waals surface area (Å²) >= 11 is 0. The van der Waals surface area contributed by atoms with Gasteiger partial charge < -0.3 is 20.9 Å². The molecule has 4 N–H and O–H groups in total. The van der Waals surface area contributed by atoms with Gasteiger partial charge in [-0.3, -0.25) is 0 Å². The Kier molecular flexibility index (Phi) is 3.97. The van der Waals surface area contributed by atoms with Crippen molar-refractivity contribution in [3.05, 3.63) is 18.2 Å². The highest BCUT2D eigenvalue weighted by Crippen LogP contribution is 2.36. The number of anilines is 2. The van der Waals surface area contributed by atoms with Crippen LogP contribution >= 0.6 is 0 Å². The summed E-state index contributed by atoms with van der Waals surface area (Å²) < 4.78 is 5.60. The lowest BCUT2D eigenvalue weighted by Crippen LogP contribution is -2.48. The van der Waals surface area contributed by atoms with E-state index < -0.39 is 0 Å². The molecule has 1 fully saturated rings. The molecule has 0 bridgehead atoms. The summed E-state index contributed by atoms with van der Waals surface area (Å²) in [6, 6.07) is 5.70. The Balaban J connectivity index is 2.08. The Labute approximate surface area is 108 Å². The van der Waals surface area contributed by atoms with Crippen molar-refractivity contribution in [2.24, 2.45) is 0 Å². The summed E-state index contributed by atoms with van der Waals surface area (Å²) in [7, 11) is 0. The number of ether oxygens (including phenoxy) is 1. The van der Waals surface area contributed by atoms with Crippen LogP contribution in [0, 0.1) is 0 Å². The van der Waals surface area contributed by atoms with Gasteiger partial charge in [-0.05, 0) is 37.8 Å². The van der Waals surface area contributed by atoms with E-state index in [0.29, 0.717) is 18.0 Å². The van der Waals surface area contributed by atoms with Gasteiger partial charge in [0.15, 0.2) is 0 Å². The summed E-state index contributed by atoms with van der Waals surface area (Å²) in [5.74, 6) is 0.717. The molecule has 4 heteroatoms. The van der Waals surface area contributed by atoms with E-state index in [1.54, 1.807) is 0 Å². The molecule has 0 radical (unpaired) electrons. The van der Waals surface area contributed by atoms with Crippen molar-refractivity contribution in [2.45, 2.75) is 38.1 Å². The quantitative estimate of drug-likeness (QED) is 0.678. The molecular weight excluding hydrogens is 228 g/mol. The predicted octanol–water partition coefficient (Wildman–Crippen LogP) is 2.38. The Hall–Kier alpha value is -1.42. The Morgan fingerprint density at radius 2 is 2.22 bits per heavy atom. The average molecular weight is 250 g/mol. The first-order valence-electron chi connectivity index (χ1n) is 6.60. The zero-order valence-corrected chi connectivity index (χ0v) is 10.9. The molecule has 100 valence electrons. The Morgan fingerprint density at radius 1 is 1.44 bits per heavy atom. The molecule has 0 heterocycles. The van der Waals surface area contributed by atoms with Crippen molar-refractivity contribution < 1.29 is 9.84 Å². The van der Waals surface area contributed by atoms with Gasteiger partial charge in [-0.1, -0.05) is 6.92 Å². The minimum Gasteiger partial charge on any atom is -0.491 e. The number of rotatable bonds is 6. The van der Waals surface area contributed by atoms with E-state index in [-0.39, 0.29) is 12.1 Å². The number of benzene rings is 1. The van der Waals surface area contributed by atoms with Gasteiger partial charge in [-0.15, -0.1) is 0 Å². The summed E-state index contributed by atoms with van der Waals surface area (Å²) in [6.07, 6.45) is 4.15. The molecule has 2 rings (SSSR count). The van der Waals surface area contributed by atoms with Gasteiger partial charge in [-0.2, -0.15) is 0 Å². The highest BCUT2D eigenvalue weighted by molar-refractivity contribution is 5.62. The molecule has 0 amide bonds. The van der Waals surface area contributed by atoms with E-state index in [2.05, 4.69) is 12.2 Å². The first-order chi connectivity index (χ1) is 8.69. The summed E-state index contributed by atoms with van der Waals surface area (Å²) in [4.78, 5) is 0. The number of hydrogen-bond acceptors (Lipinski definition) is 4. The van der Waals surface area contributed by atoms with Crippen LogP contribution in [0.25, 0.3) is 0 Å². The van der Waals surface area contributed by atoms with Gasteiger partial charge in [0.1, 0.15) is 5.75 Å². The van der Waals surface area contributed by atoms with Gasteiger partial charge in [0.2, 0.25) is 0 Å². The summed E-state index contributed by atoms with van der Waals surface area (Å²) in [5.41, 5.74) is 7.35. The maximum Gasteiger partial charge on any atom is 0.144 e. The lowest BCUT2D eigenvalue weighted by Gasteiger charge is -2.42. The number of aliphatic hydroxyl groups is 1. The molecule has 18 heavy (non-hydrogen) atoms. The van der Waals surface area contributed by atoms with E-state index in [4.69, 9.17) is 10.5 Å². The molecule has 1 saturated carbocycles. The van der Waals surface area contributed by atoms with E-state index in [9.17, 15) is 5.11 Å². The molecule has 0 unspecified atom stereocenters. The molecule has 0 aliphatic heterocycles. The molecular formula is C14H22N2O2. The molecule has 1 aliphatic rings. The predicted molar refractivity (Wildman–Crippen MR) is 73.9 cm³/mol. The third-order valence-corrected chi connectivity index (χ3v) is 3.50. The number of nitrogens with one attached hydrogen (secondary N) is 1. The smallest absolute Gasteiger partial charge is 0.144 e. The van der Waals surface area contributed by atoms with Gasteiger partial charge in [-0.25, -0.2) is 0 Å². The lowest BCUT2D eigenvalue weighted by molar-refractivity contribution is 0.144. The third-order valence-electron chi connectivity index (χ3n) is 3.50. The topological polar surface area (TPSA) is 67.5 Å². The molecule has 0 spiro atoms. The maximum atomic E-state index is 9.44. The van der Waals surface area contributed by atoms with Crippen LogP contribution in [0.1, 0.15) is 32.6 Å². The SMILES string of the molecule is CCCOc1cc(NC2(CO)CCC2)ccc1N. The monoisotopic (exact) mass is 250 g/mol. The molecule has 0 atom stereocenters. The van der Waals surface area contributed by atoms with Gasteiger partial charge in [0.25, 0.3) is 0 Å². The molecule has 4 nitrogen and oxygen atoms in total. The number of hydrogen-bond donors (Lipinski definition) is 3. The second-order valence-electron chi connectivity index (χ2n) is 5.02. The summed E-state index contributed by atoms with van der Waals surface area (Å²) in [6.45, 7) is 2.90. The third kappa shape index (κ3) is 2.70. The highest BCUT2D eigenvalue weighted by atomic mass is 16.5. The van der Waals surface area contributed by atoms with Gasteiger partial charge in [0, 0.05) is 11.8 Å². The minimum atomic E-state index is -0.141. The second kappa shape index (κ2) is 5.48. The number of nitrogens with two attached hydrogens (primary N) is 1. The zero-order chi connectivity index (χ0) is 13.0. The maximum absolute atomic E-state index is 9.44. The first kappa shape index (κ1) is 13.0. The molecule has 1 aromatic rings. The van der Waals surface area contributed by atoms with E-state index in [1.807, 2.05) is 18.2 Å². The molecule has 1 aliphatic carbocycles. The van der Waals surface area contributed by atoms with E-state index >= 15 is 0 Å². The van der Waals surface area contributed by atoms with Crippen molar-refractivity contribution in [2.75, 3.05) is 24.3 Å². The molecule has 0 aromatic heterocycles. The van der Waals surface area contributed by atoms with E-state index in [1.165, 1.54) is 6.42 Å². The standard InChI is InChI=1S/C14H22N2O2/c1-2-8-18-13-9-11(4-5-12(13)15)16-14(10-17)6-3-7-14/h4-5,9,16-17H,2-3,6-8,10,15H2,1H3.